The van der Waals surface area contributed by atoms with Gasteiger partial charge in [0.1, 0.15) is 6.07 Å². The third kappa shape index (κ3) is 4.65. The maximum Gasteiger partial charge on any atom is 0.240 e. The predicted molar refractivity (Wildman–Crippen MR) is 80.4 cm³/mol. The quantitative estimate of drug-likeness (QED) is 0.824. The fourth-order valence-electron chi connectivity index (χ4n) is 1.45. The van der Waals surface area contributed by atoms with E-state index in [1.54, 1.807) is 6.92 Å². The Labute approximate surface area is 128 Å². The van der Waals surface area contributed by atoms with E-state index in [-0.39, 0.29) is 22.0 Å². The first-order valence-corrected chi connectivity index (χ1v) is 8.88. The lowest BCUT2D eigenvalue weighted by molar-refractivity contribution is 0.0908. The van der Waals surface area contributed by atoms with Crippen molar-refractivity contribution in [2.75, 3.05) is 18.6 Å². The van der Waals surface area contributed by atoms with Gasteiger partial charge in [0.05, 0.1) is 21.1 Å². The van der Waals surface area contributed by atoms with Gasteiger partial charge in [-0.2, -0.15) is 17.0 Å². The second kappa shape index (κ2) is 6.78. The fraction of sp³-hybridized carbons (Fsp3) is 0.417. The van der Waals surface area contributed by atoms with Gasteiger partial charge in [0.15, 0.2) is 0 Å². The summed E-state index contributed by atoms with van der Waals surface area (Å²) >= 11 is 7.23. The van der Waals surface area contributed by atoms with E-state index in [4.69, 9.17) is 16.9 Å². The van der Waals surface area contributed by atoms with Crippen LogP contribution in [0.25, 0.3) is 0 Å². The smallest absolute Gasteiger partial charge is 0.240 e. The minimum atomic E-state index is -3.77. The summed E-state index contributed by atoms with van der Waals surface area (Å²) < 4.78 is 26.5. The molecule has 2 N–H and O–H groups in total. The molecule has 0 radical (unpaired) electrons. The topological polar surface area (TPSA) is 90.2 Å². The Morgan fingerprint density at radius 3 is 2.70 bits per heavy atom. The van der Waals surface area contributed by atoms with E-state index in [9.17, 15) is 13.5 Å². The number of rotatable bonds is 6. The van der Waals surface area contributed by atoms with Crippen molar-refractivity contribution in [2.24, 2.45) is 0 Å². The minimum absolute atomic E-state index is 0.0403. The Kier molecular flexibility index (Phi) is 5.86. The van der Waals surface area contributed by atoms with E-state index in [0.717, 1.165) is 0 Å². The molecule has 0 heterocycles. The van der Waals surface area contributed by atoms with Crippen LogP contribution in [-0.2, 0) is 10.0 Å². The fourth-order valence-corrected chi connectivity index (χ4v) is 3.65. The lowest BCUT2D eigenvalue weighted by Gasteiger charge is -2.22. The zero-order valence-corrected chi connectivity index (χ0v) is 13.4. The average molecular weight is 335 g/mol. The van der Waals surface area contributed by atoms with E-state index < -0.39 is 15.6 Å². The molecule has 5 nitrogen and oxygen atoms in total. The summed E-state index contributed by atoms with van der Waals surface area (Å²) in [7, 11) is -3.77. The lowest BCUT2D eigenvalue weighted by atomic mass is 10.1. The van der Waals surface area contributed by atoms with Crippen LogP contribution in [0.4, 0.5) is 0 Å². The summed E-state index contributed by atoms with van der Waals surface area (Å²) in [6.45, 7) is 1.45. The number of nitrogens with one attached hydrogen (secondary N) is 1. The van der Waals surface area contributed by atoms with Crippen LogP contribution in [0, 0.1) is 11.3 Å². The molecule has 1 atom stereocenters. The van der Waals surface area contributed by atoms with Crippen LogP contribution in [0.1, 0.15) is 12.5 Å². The highest BCUT2D eigenvalue weighted by Gasteiger charge is 2.24. The van der Waals surface area contributed by atoms with Crippen molar-refractivity contribution < 1.29 is 13.5 Å². The zero-order chi connectivity index (χ0) is 15.4. The minimum Gasteiger partial charge on any atom is -0.388 e. The van der Waals surface area contributed by atoms with Crippen LogP contribution in [0.3, 0.4) is 0 Å². The van der Waals surface area contributed by atoms with Crippen molar-refractivity contribution in [1.29, 1.82) is 5.26 Å². The molecule has 1 unspecified atom stereocenters. The van der Waals surface area contributed by atoms with Crippen LogP contribution in [0.2, 0.25) is 5.02 Å². The van der Waals surface area contributed by atoms with Crippen molar-refractivity contribution >= 4 is 33.4 Å². The van der Waals surface area contributed by atoms with Gasteiger partial charge in [-0.15, -0.1) is 0 Å². The number of halogens is 1. The molecule has 0 aliphatic carbocycles. The highest BCUT2D eigenvalue weighted by Crippen LogP contribution is 2.20. The molecule has 0 saturated heterocycles. The predicted octanol–water partition coefficient (Wildman–Crippen LogP) is 1.60. The molecule has 0 saturated carbocycles. The van der Waals surface area contributed by atoms with Crippen LogP contribution in [0.5, 0.6) is 0 Å². The average Bonchev–Trinajstić information content (AvgIpc) is 2.36. The first-order chi connectivity index (χ1) is 9.22. The normalized spacial score (nSPS) is 14.6. The van der Waals surface area contributed by atoms with Crippen LogP contribution in [-0.4, -0.2) is 37.7 Å². The summed E-state index contributed by atoms with van der Waals surface area (Å²) in [5.41, 5.74) is -0.928. The molecular formula is C12H15ClN2O3S2. The Balaban J connectivity index is 2.90. The van der Waals surface area contributed by atoms with Crippen LogP contribution in [0.15, 0.2) is 23.1 Å². The standard InChI is InChI=1S/C12H15ClN2O3S2/c1-12(16,8-19-2)7-15-20(17,18)10-4-3-9(6-14)11(13)5-10/h3-5,15-16H,7-8H2,1-2H3. The Bertz CT molecular complexity index is 624. The molecule has 110 valence electrons. The summed E-state index contributed by atoms with van der Waals surface area (Å²) in [6, 6.07) is 5.72. The number of nitrogens with zero attached hydrogens (tertiary/aromatic N) is 1. The molecule has 0 amide bonds. The van der Waals surface area contributed by atoms with Crippen molar-refractivity contribution in [3.05, 3.63) is 28.8 Å². The lowest BCUT2D eigenvalue weighted by Crippen LogP contribution is -2.42. The zero-order valence-electron chi connectivity index (χ0n) is 11.1. The molecule has 0 fully saturated rings. The van der Waals surface area contributed by atoms with Crippen molar-refractivity contribution in [3.63, 3.8) is 0 Å². The summed E-state index contributed by atoms with van der Waals surface area (Å²) in [6.07, 6.45) is 1.82. The van der Waals surface area contributed by atoms with Gasteiger partial charge in [0, 0.05) is 12.3 Å². The second-order valence-electron chi connectivity index (χ2n) is 4.51. The van der Waals surface area contributed by atoms with Gasteiger partial charge in [0.2, 0.25) is 10.0 Å². The van der Waals surface area contributed by atoms with Crippen LogP contribution >= 0.6 is 23.4 Å². The Morgan fingerprint density at radius 2 is 2.20 bits per heavy atom. The number of sulfonamides is 1. The van der Waals surface area contributed by atoms with Crippen LogP contribution < -0.4 is 4.72 Å². The van der Waals surface area contributed by atoms with E-state index in [2.05, 4.69) is 4.72 Å². The third-order valence-electron chi connectivity index (χ3n) is 2.47. The maximum absolute atomic E-state index is 12.1. The largest absolute Gasteiger partial charge is 0.388 e. The molecule has 0 bridgehead atoms. The first kappa shape index (κ1) is 17.3. The highest BCUT2D eigenvalue weighted by atomic mass is 35.5. The summed E-state index contributed by atoms with van der Waals surface area (Å²) in [5.74, 6) is 0.406. The van der Waals surface area contributed by atoms with Crippen molar-refractivity contribution in [1.82, 2.24) is 4.72 Å². The summed E-state index contributed by atoms with van der Waals surface area (Å²) in [5, 5.41) is 18.8. The van der Waals surface area contributed by atoms with Gasteiger partial charge in [-0.25, -0.2) is 13.1 Å². The molecular weight excluding hydrogens is 320 g/mol. The van der Waals surface area contributed by atoms with Gasteiger partial charge in [0.25, 0.3) is 0 Å². The number of thioether (sulfide) groups is 1. The van der Waals surface area contributed by atoms with Gasteiger partial charge in [-0.1, -0.05) is 11.6 Å². The van der Waals surface area contributed by atoms with Gasteiger partial charge >= 0.3 is 0 Å². The van der Waals surface area contributed by atoms with E-state index in [0.29, 0.717) is 5.75 Å². The monoisotopic (exact) mass is 334 g/mol. The van der Waals surface area contributed by atoms with Gasteiger partial charge < -0.3 is 5.11 Å². The SMILES string of the molecule is CSCC(C)(O)CNS(=O)(=O)c1ccc(C#N)c(Cl)c1. The maximum atomic E-state index is 12.1. The molecule has 8 heteroatoms. The van der Waals surface area contributed by atoms with Gasteiger partial charge in [-0.3, -0.25) is 0 Å². The molecule has 1 aromatic rings. The number of nitriles is 1. The Hall–Kier alpha value is -0.780. The molecule has 0 aliphatic rings. The molecule has 1 aromatic carbocycles. The molecule has 20 heavy (non-hydrogen) atoms. The van der Waals surface area contributed by atoms with E-state index in [1.807, 2.05) is 12.3 Å². The highest BCUT2D eigenvalue weighted by molar-refractivity contribution is 7.98. The molecule has 1 rings (SSSR count). The molecule has 0 spiro atoms. The summed E-state index contributed by atoms with van der Waals surface area (Å²) in [4.78, 5) is -0.0403. The number of hydrogen-bond acceptors (Lipinski definition) is 5. The van der Waals surface area contributed by atoms with E-state index in [1.165, 1.54) is 30.0 Å². The van der Waals surface area contributed by atoms with E-state index >= 15 is 0 Å². The Morgan fingerprint density at radius 1 is 1.55 bits per heavy atom. The van der Waals surface area contributed by atoms with Crippen molar-refractivity contribution in [2.45, 2.75) is 17.4 Å². The molecule has 0 aromatic heterocycles. The first-order valence-electron chi connectivity index (χ1n) is 5.62. The van der Waals surface area contributed by atoms with Gasteiger partial charge in [-0.05, 0) is 31.4 Å². The third-order valence-corrected chi connectivity index (χ3v) is 5.09. The number of benzene rings is 1. The second-order valence-corrected chi connectivity index (χ2v) is 7.55. The number of hydrogen-bond donors (Lipinski definition) is 2. The van der Waals surface area contributed by atoms with Crippen molar-refractivity contribution in [3.8, 4) is 6.07 Å². The molecule has 0 aliphatic heterocycles. The number of aliphatic hydroxyl groups is 1.